The first-order valence-electron chi connectivity index (χ1n) is 9.93. The van der Waals surface area contributed by atoms with Crippen molar-refractivity contribution in [1.82, 2.24) is 10.2 Å². The number of aromatic nitrogens is 2. The van der Waals surface area contributed by atoms with Crippen LogP contribution in [0.2, 0.25) is 5.02 Å². The zero-order valence-corrected chi connectivity index (χ0v) is 17.5. The fourth-order valence-electron chi connectivity index (χ4n) is 3.16. The molecule has 1 aliphatic rings. The number of morpholine rings is 1. The van der Waals surface area contributed by atoms with E-state index < -0.39 is 0 Å². The number of nitrogens with one attached hydrogen (secondary N) is 2. The largest absolute Gasteiger partial charge is 0.378 e. The summed E-state index contributed by atoms with van der Waals surface area (Å²) in [6, 6.07) is 16.7. The highest BCUT2D eigenvalue weighted by Crippen LogP contribution is 2.22. The van der Waals surface area contributed by atoms with Gasteiger partial charge in [-0.1, -0.05) is 29.8 Å². The topological polar surface area (TPSA) is 79.4 Å². The van der Waals surface area contributed by atoms with Crippen LogP contribution in [-0.4, -0.2) is 42.4 Å². The van der Waals surface area contributed by atoms with E-state index in [1.54, 1.807) is 18.3 Å². The molecule has 1 fully saturated rings. The summed E-state index contributed by atoms with van der Waals surface area (Å²) in [6.45, 7) is 3.10. The Labute approximate surface area is 185 Å². The van der Waals surface area contributed by atoms with E-state index >= 15 is 0 Å². The average molecular weight is 436 g/mol. The summed E-state index contributed by atoms with van der Waals surface area (Å²) in [5.41, 5.74) is 3.33. The SMILES string of the molecule is O=C(/C=C/c1ccccc1Cl)Nc1ccc(Nc2cc(N3CCOCC3)cnn2)cc1. The van der Waals surface area contributed by atoms with Crippen molar-refractivity contribution < 1.29 is 9.53 Å². The summed E-state index contributed by atoms with van der Waals surface area (Å²) in [5.74, 6) is 0.424. The first-order chi connectivity index (χ1) is 15.2. The number of nitrogens with zero attached hydrogens (tertiary/aromatic N) is 3. The maximum absolute atomic E-state index is 12.2. The van der Waals surface area contributed by atoms with Gasteiger partial charge >= 0.3 is 0 Å². The molecule has 2 N–H and O–H groups in total. The Morgan fingerprint density at radius 3 is 2.58 bits per heavy atom. The molecule has 0 atom stereocenters. The molecule has 7 nitrogen and oxygen atoms in total. The van der Waals surface area contributed by atoms with Crippen molar-refractivity contribution >= 4 is 46.5 Å². The van der Waals surface area contributed by atoms with Gasteiger partial charge in [0.2, 0.25) is 5.91 Å². The zero-order chi connectivity index (χ0) is 21.5. The lowest BCUT2D eigenvalue weighted by Gasteiger charge is -2.28. The van der Waals surface area contributed by atoms with Crippen molar-refractivity contribution in [3.05, 3.63) is 77.5 Å². The molecular formula is C23H22ClN5O2. The molecule has 1 aromatic heterocycles. The van der Waals surface area contributed by atoms with Crippen molar-refractivity contribution in [2.24, 2.45) is 0 Å². The van der Waals surface area contributed by atoms with E-state index in [1.165, 1.54) is 6.08 Å². The zero-order valence-electron chi connectivity index (χ0n) is 16.8. The number of hydrogen-bond donors (Lipinski definition) is 2. The second-order valence-electron chi connectivity index (χ2n) is 6.94. The maximum Gasteiger partial charge on any atom is 0.248 e. The molecule has 1 aliphatic heterocycles. The summed E-state index contributed by atoms with van der Waals surface area (Å²) in [5, 5.41) is 14.9. The van der Waals surface area contributed by atoms with Crippen LogP contribution >= 0.6 is 11.6 Å². The first-order valence-corrected chi connectivity index (χ1v) is 10.3. The van der Waals surface area contributed by atoms with Crippen molar-refractivity contribution in [3.63, 3.8) is 0 Å². The van der Waals surface area contributed by atoms with Crippen LogP contribution < -0.4 is 15.5 Å². The standard InChI is InChI=1S/C23H22ClN5O2/c24-21-4-2-1-3-17(21)5-10-23(30)27-19-8-6-18(7-9-19)26-22-15-20(16-25-28-22)29-11-13-31-14-12-29/h1-10,15-16H,11-14H2,(H,26,28)(H,27,30)/b10-5+. The minimum absolute atomic E-state index is 0.232. The predicted octanol–water partition coefficient (Wildman–Crippen LogP) is 4.36. The van der Waals surface area contributed by atoms with Gasteiger partial charge in [0.15, 0.2) is 5.82 Å². The minimum Gasteiger partial charge on any atom is -0.378 e. The highest BCUT2D eigenvalue weighted by Gasteiger charge is 2.12. The summed E-state index contributed by atoms with van der Waals surface area (Å²) in [6.07, 6.45) is 4.90. The van der Waals surface area contributed by atoms with E-state index in [0.717, 1.165) is 30.0 Å². The fourth-order valence-corrected chi connectivity index (χ4v) is 3.36. The van der Waals surface area contributed by atoms with Crippen molar-refractivity contribution in [2.45, 2.75) is 0 Å². The predicted molar refractivity (Wildman–Crippen MR) is 124 cm³/mol. The normalized spacial score (nSPS) is 13.9. The molecule has 0 aliphatic carbocycles. The van der Waals surface area contributed by atoms with E-state index in [9.17, 15) is 4.79 Å². The van der Waals surface area contributed by atoms with E-state index in [2.05, 4.69) is 25.7 Å². The van der Waals surface area contributed by atoms with Crippen LogP contribution in [0.3, 0.4) is 0 Å². The molecule has 2 aromatic carbocycles. The second-order valence-corrected chi connectivity index (χ2v) is 7.35. The van der Waals surface area contributed by atoms with Crippen LogP contribution in [0.25, 0.3) is 6.08 Å². The summed E-state index contributed by atoms with van der Waals surface area (Å²) in [7, 11) is 0. The quantitative estimate of drug-likeness (QED) is 0.560. The van der Waals surface area contributed by atoms with Crippen LogP contribution in [-0.2, 0) is 9.53 Å². The lowest BCUT2D eigenvalue weighted by Crippen LogP contribution is -2.36. The van der Waals surface area contributed by atoms with Gasteiger partial charge in [0.25, 0.3) is 0 Å². The number of ether oxygens (including phenoxy) is 1. The van der Waals surface area contributed by atoms with Gasteiger partial charge in [-0.2, -0.15) is 5.10 Å². The van der Waals surface area contributed by atoms with Crippen molar-refractivity contribution in [2.75, 3.05) is 41.8 Å². The highest BCUT2D eigenvalue weighted by molar-refractivity contribution is 6.32. The molecule has 0 spiro atoms. The third-order valence-electron chi connectivity index (χ3n) is 4.76. The third kappa shape index (κ3) is 5.81. The molecule has 31 heavy (non-hydrogen) atoms. The monoisotopic (exact) mass is 435 g/mol. The number of anilines is 4. The van der Waals surface area contributed by atoms with Crippen LogP contribution in [0, 0.1) is 0 Å². The molecule has 0 radical (unpaired) electrons. The van der Waals surface area contributed by atoms with Gasteiger partial charge in [-0.3, -0.25) is 4.79 Å². The lowest BCUT2D eigenvalue weighted by atomic mass is 10.2. The Balaban J connectivity index is 1.35. The van der Waals surface area contributed by atoms with Crippen molar-refractivity contribution in [1.29, 1.82) is 0 Å². The lowest BCUT2D eigenvalue weighted by molar-refractivity contribution is -0.111. The minimum atomic E-state index is -0.232. The Kier molecular flexibility index (Phi) is 6.76. The molecular weight excluding hydrogens is 414 g/mol. The van der Waals surface area contributed by atoms with E-state index in [0.29, 0.717) is 29.7 Å². The van der Waals surface area contributed by atoms with E-state index in [1.807, 2.05) is 48.5 Å². The Morgan fingerprint density at radius 2 is 1.81 bits per heavy atom. The third-order valence-corrected chi connectivity index (χ3v) is 5.10. The van der Waals surface area contributed by atoms with Gasteiger partial charge in [-0.05, 0) is 42.0 Å². The molecule has 158 valence electrons. The Hall–Kier alpha value is -3.42. The molecule has 4 rings (SSSR count). The number of halogens is 1. The van der Waals surface area contributed by atoms with Crippen LogP contribution in [0.4, 0.5) is 22.9 Å². The van der Waals surface area contributed by atoms with Crippen molar-refractivity contribution in [3.8, 4) is 0 Å². The Bertz CT molecular complexity index is 1070. The number of rotatable bonds is 6. The number of benzene rings is 2. The van der Waals surface area contributed by atoms with E-state index in [-0.39, 0.29) is 5.91 Å². The number of carbonyl (C=O) groups excluding carboxylic acids is 1. The summed E-state index contributed by atoms with van der Waals surface area (Å²) < 4.78 is 5.40. The second kappa shape index (κ2) is 10.1. The molecule has 8 heteroatoms. The summed E-state index contributed by atoms with van der Waals surface area (Å²) in [4.78, 5) is 14.4. The molecule has 3 aromatic rings. The van der Waals surface area contributed by atoms with Gasteiger partial charge in [0.1, 0.15) is 0 Å². The molecule has 1 saturated heterocycles. The smallest absolute Gasteiger partial charge is 0.248 e. The highest BCUT2D eigenvalue weighted by atomic mass is 35.5. The number of carbonyl (C=O) groups is 1. The van der Waals surface area contributed by atoms with E-state index in [4.69, 9.17) is 16.3 Å². The first kappa shape index (κ1) is 20.8. The fraction of sp³-hybridized carbons (Fsp3) is 0.174. The molecule has 0 saturated carbocycles. The maximum atomic E-state index is 12.2. The van der Waals surface area contributed by atoms with Crippen LogP contribution in [0.5, 0.6) is 0 Å². The van der Waals surface area contributed by atoms with Gasteiger partial charge in [-0.15, -0.1) is 5.10 Å². The Morgan fingerprint density at radius 1 is 1.06 bits per heavy atom. The molecule has 1 amide bonds. The van der Waals surface area contributed by atoms with Crippen LogP contribution in [0.1, 0.15) is 5.56 Å². The molecule has 0 bridgehead atoms. The summed E-state index contributed by atoms with van der Waals surface area (Å²) >= 11 is 6.10. The van der Waals surface area contributed by atoms with Crippen LogP contribution in [0.15, 0.2) is 66.9 Å². The number of amides is 1. The van der Waals surface area contributed by atoms with Gasteiger partial charge in [-0.25, -0.2) is 0 Å². The van der Waals surface area contributed by atoms with Gasteiger partial charge in [0.05, 0.1) is 25.1 Å². The molecule has 0 unspecified atom stereocenters. The molecule has 2 heterocycles. The average Bonchev–Trinajstić information content (AvgIpc) is 2.81. The van der Waals surface area contributed by atoms with Gasteiger partial charge < -0.3 is 20.3 Å². The van der Waals surface area contributed by atoms with Gasteiger partial charge in [0, 0.05) is 41.6 Å². The number of hydrogen-bond acceptors (Lipinski definition) is 6.